The van der Waals surface area contributed by atoms with Gasteiger partial charge in [-0.15, -0.1) is 0 Å². The molecule has 2 aromatic carbocycles. The smallest absolute Gasteiger partial charge is 0.132 e. The van der Waals surface area contributed by atoms with Gasteiger partial charge >= 0.3 is 0 Å². The second-order valence-electron chi connectivity index (χ2n) is 8.13. The molecule has 1 heterocycles. The summed E-state index contributed by atoms with van der Waals surface area (Å²) in [5.74, 6) is 1.52. The second-order valence-corrected chi connectivity index (χ2v) is 8.13. The molecule has 0 saturated heterocycles. The predicted octanol–water partition coefficient (Wildman–Crippen LogP) is 5.86. The van der Waals surface area contributed by atoms with Crippen LogP contribution in [0.2, 0.25) is 0 Å². The molecule has 1 fully saturated rings. The van der Waals surface area contributed by atoms with E-state index >= 15 is 0 Å². The third-order valence-corrected chi connectivity index (χ3v) is 5.94. The summed E-state index contributed by atoms with van der Waals surface area (Å²) in [6.07, 6.45) is 9.45. The number of hydrogen-bond acceptors (Lipinski definition) is 3. The van der Waals surface area contributed by atoms with Crippen LogP contribution >= 0.6 is 0 Å². The van der Waals surface area contributed by atoms with Crippen LogP contribution in [0.1, 0.15) is 67.1 Å². The lowest BCUT2D eigenvalue weighted by Gasteiger charge is -2.21. The number of benzene rings is 2. The van der Waals surface area contributed by atoms with Crippen LogP contribution in [0.25, 0.3) is 11.3 Å². The summed E-state index contributed by atoms with van der Waals surface area (Å²) in [7, 11) is 0. The van der Waals surface area contributed by atoms with E-state index in [-0.39, 0.29) is 6.61 Å². The van der Waals surface area contributed by atoms with E-state index in [4.69, 9.17) is 9.97 Å². The molecule has 1 saturated carbocycles. The van der Waals surface area contributed by atoms with Crippen LogP contribution < -0.4 is 0 Å². The Labute approximate surface area is 173 Å². The van der Waals surface area contributed by atoms with E-state index in [0.717, 1.165) is 47.6 Å². The maximum Gasteiger partial charge on any atom is 0.132 e. The number of aliphatic hydroxyl groups excluding tert-OH is 1. The minimum atomic E-state index is 0.0715. The molecular weight excluding hydrogens is 356 g/mol. The third kappa shape index (κ3) is 5.30. The van der Waals surface area contributed by atoms with Crippen molar-refractivity contribution in [1.82, 2.24) is 9.97 Å². The van der Waals surface area contributed by atoms with Gasteiger partial charge in [-0.2, -0.15) is 0 Å². The molecule has 0 bridgehead atoms. The number of hydrogen-bond donors (Lipinski definition) is 1. The van der Waals surface area contributed by atoms with Crippen LogP contribution in [-0.2, 0) is 19.4 Å². The summed E-state index contributed by atoms with van der Waals surface area (Å²) in [4.78, 5) is 9.97. The van der Waals surface area contributed by atoms with Crippen molar-refractivity contribution in [1.29, 1.82) is 0 Å². The zero-order chi connectivity index (χ0) is 19.9. The van der Waals surface area contributed by atoms with Crippen molar-refractivity contribution >= 4 is 0 Å². The molecule has 3 aromatic rings. The number of aryl methyl sites for hydroxylation is 2. The van der Waals surface area contributed by atoms with Crippen LogP contribution in [0, 0.1) is 0 Å². The van der Waals surface area contributed by atoms with Crippen molar-refractivity contribution in [2.75, 3.05) is 0 Å². The van der Waals surface area contributed by atoms with Crippen molar-refractivity contribution in [3.63, 3.8) is 0 Å². The fourth-order valence-electron chi connectivity index (χ4n) is 4.24. The average molecular weight is 387 g/mol. The van der Waals surface area contributed by atoms with Crippen molar-refractivity contribution in [2.24, 2.45) is 0 Å². The molecule has 1 aromatic heterocycles. The van der Waals surface area contributed by atoms with Crippen molar-refractivity contribution in [3.05, 3.63) is 83.3 Å². The quantitative estimate of drug-likeness (QED) is 0.553. The Morgan fingerprint density at radius 3 is 2.28 bits per heavy atom. The van der Waals surface area contributed by atoms with Gasteiger partial charge in [-0.1, -0.05) is 73.9 Å². The number of aromatic nitrogens is 2. The number of rotatable bonds is 7. The molecule has 29 heavy (non-hydrogen) atoms. The molecule has 3 heteroatoms. The Morgan fingerprint density at radius 2 is 1.55 bits per heavy atom. The highest BCUT2D eigenvalue weighted by Crippen LogP contribution is 2.32. The Balaban J connectivity index is 1.56. The van der Waals surface area contributed by atoms with Crippen LogP contribution in [0.3, 0.4) is 0 Å². The molecule has 0 aliphatic heterocycles. The van der Waals surface area contributed by atoms with Gasteiger partial charge in [-0.25, -0.2) is 9.97 Å². The first-order chi connectivity index (χ1) is 14.3. The van der Waals surface area contributed by atoms with E-state index in [0.29, 0.717) is 5.92 Å². The van der Waals surface area contributed by atoms with E-state index in [1.165, 1.54) is 37.7 Å². The minimum Gasteiger partial charge on any atom is -0.392 e. The van der Waals surface area contributed by atoms with Crippen LogP contribution in [0.5, 0.6) is 0 Å². The van der Waals surface area contributed by atoms with Gasteiger partial charge in [0.05, 0.1) is 12.3 Å². The van der Waals surface area contributed by atoms with E-state index in [9.17, 15) is 5.11 Å². The standard InChI is InChI=1S/C26H30N2O/c29-19-21-14-16-22(17-15-21)25-18-24(13-7-10-20-8-3-1-4-9-20)27-26(28-25)23-11-5-2-6-12-23/h1,3-4,8-9,14-18,23,29H,2,5-7,10-13,19H2. The molecule has 0 amide bonds. The normalized spacial score (nSPS) is 14.8. The van der Waals surface area contributed by atoms with Crippen molar-refractivity contribution in [3.8, 4) is 11.3 Å². The lowest BCUT2D eigenvalue weighted by atomic mass is 9.88. The second kappa shape index (κ2) is 9.80. The summed E-state index contributed by atoms with van der Waals surface area (Å²) >= 11 is 0. The number of nitrogens with zero attached hydrogens (tertiary/aromatic N) is 2. The summed E-state index contributed by atoms with van der Waals surface area (Å²) in [6, 6.07) is 20.9. The van der Waals surface area contributed by atoms with Gasteiger partial charge in [-0.05, 0) is 49.3 Å². The van der Waals surface area contributed by atoms with Gasteiger partial charge in [0.1, 0.15) is 5.82 Å². The highest BCUT2D eigenvalue weighted by molar-refractivity contribution is 5.60. The molecule has 0 atom stereocenters. The molecule has 4 rings (SSSR count). The average Bonchev–Trinajstić information content (AvgIpc) is 2.80. The van der Waals surface area contributed by atoms with Crippen molar-refractivity contribution < 1.29 is 5.11 Å². The van der Waals surface area contributed by atoms with Crippen LogP contribution in [-0.4, -0.2) is 15.1 Å². The van der Waals surface area contributed by atoms with Crippen LogP contribution in [0.15, 0.2) is 60.7 Å². The third-order valence-electron chi connectivity index (χ3n) is 5.94. The monoisotopic (exact) mass is 386 g/mol. The largest absolute Gasteiger partial charge is 0.392 e. The number of aliphatic hydroxyl groups is 1. The Hall–Kier alpha value is -2.52. The van der Waals surface area contributed by atoms with Gasteiger partial charge in [0.15, 0.2) is 0 Å². The van der Waals surface area contributed by atoms with E-state index in [1.807, 2.05) is 12.1 Å². The molecule has 150 valence electrons. The summed E-state index contributed by atoms with van der Waals surface area (Å²) in [5.41, 5.74) is 5.58. The van der Waals surface area contributed by atoms with Gasteiger partial charge in [0, 0.05) is 17.2 Å². The fraction of sp³-hybridized carbons (Fsp3) is 0.385. The zero-order valence-electron chi connectivity index (χ0n) is 17.1. The molecule has 1 aliphatic rings. The fourth-order valence-corrected chi connectivity index (χ4v) is 4.24. The Kier molecular flexibility index (Phi) is 6.68. The highest BCUT2D eigenvalue weighted by Gasteiger charge is 2.20. The SMILES string of the molecule is OCc1ccc(-c2cc(CCCc3ccccc3)nc(C3CCCCC3)n2)cc1. The molecule has 3 nitrogen and oxygen atoms in total. The van der Waals surface area contributed by atoms with E-state index in [1.54, 1.807) is 0 Å². The van der Waals surface area contributed by atoms with Gasteiger partial charge in [0.2, 0.25) is 0 Å². The molecule has 1 aliphatic carbocycles. The molecule has 1 N–H and O–H groups in total. The van der Waals surface area contributed by atoms with Crippen LogP contribution in [0.4, 0.5) is 0 Å². The lowest BCUT2D eigenvalue weighted by molar-refractivity contribution is 0.282. The highest BCUT2D eigenvalue weighted by atomic mass is 16.3. The van der Waals surface area contributed by atoms with Gasteiger partial charge in [-0.3, -0.25) is 0 Å². The Morgan fingerprint density at radius 1 is 0.793 bits per heavy atom. The minimum absolute atomic E-state index is 0.0715. The lowest BCUT2D eigenvalue weighted by Crippen LogP contribution is -2.11. The first kappa shape index (κ1) is 19.8. The predicted molar refractivity (Wildman–Crippen MR) is 118 cm³/mol. The first-order valence-electron chi connectivity index (χ1n) is 10.9. The molecule has 0 radical (unpaired) electrons. The summed E-state index contributed by atoms with van der Waals surface area (Å²) in [6.45, 7) is 0.0715. The van der Waals surface area contributed by atoms with Gasteiger partial charge in [0.25, 0.3) is 0 Å². The molecule has 0 unspecified atom stereocenters. The maximum absolute atomic E-state index is 9.32. The van der Waals surface area contributed by atoms with E-state index < -0.39 is 0 Å². The van der Waals surface area contributed by atoms with E-state index in [2.05, 4.69) is 48.5 Å². The molecule has 0 spiro atoms. The summed E-state index contributed by atoms with van der Waals surface area (Å²) in [5, 5.41) is 9.32. The Bertz CT molecular complexity index is 900. The first-order valence-corrected chi connectivity index (χ1v) is 10.9. The van der Waals surface area contributed by atoms with Gasteiger partial charge < -0.3 is 5.11 Å². The summed E-state index contributed by atoms with van der Waals surface area (Å²) < 4.78 is 0. The molecular formula is C26H30N2O. The maximum atomic E-state index is 9.32. The van der Waals surface area contributed by atoms with Crippen molar-refractivity contribution in [2.45, 2.75) is 63.9 Å². The topological polar surface area (TPSA) is 46.0 Å². The zero-order valence-corrected chi connectivity index (χ0v) is 17.1.